The second-order valence-electron chi connectivity index (χ2n) is 4.59. The zero-order valence-corrected chi connectivity index (χ0v) is 11.8. The molecule has 0 spiro atoms. The minimum atomic E-state index is -0.422. The largest absolute Gasteiger partial charge is 0.450 e. The Labute approximate surface area is 114 Å². The second kappa shape index (κ2) is 5.71. The summed E-state index contributed by atoms with van der Waals surface area (Å²) in [5, 5.41) is 9.74. The lowest BCUT2D eigenvalue weighted by Crippen LogP contribution is -2.45. The van der Waals surface area contributed by atoms with E-state index >= 15 is 0 Å². The van der Waals surface area contributed by atoms with Gasteiger partial charge in [-0.15, -0.1) is 0 Å². The van der Waals surface area contributed by atoms with E-state index in [1.54, 1.807) is 23.1 Å². The molecule has 4 nitrogen and oxygen atoms in total. The lowest BCUT2D eigenvalue weighted by atomic mass is 9.96. The number of carbonyl (C=O) groups is 1. The van der Waals surface area contributed by atoms with Crippen molar-refractivity contribution in [1.82, 2.24) is 4.90 Å². The molecule has 1 aliphatic heterocycles. The van der Waals surface area contributed by atoms with Gasteiger partial charge >= 0.3 is 0 Å². The highest BCUT2D eigenvalue weighted by atomic mass is 79.9. The first-order valence-corrected chi connectivity index (χ1v) is 6.76. The number of halogens is 1. The van der Waals surface area contributed by atoms with E-state index in [-0.39, 0.29) is 11.8 Å². The fraction of sp³-hybridized carbons (Fsp3) is 0.462. The summed E-state index contributed by atoms with van der Waals surface area (Å²) in [7, 11) is 0. The topological polar surface area (TPSA) is 53.7 Å². The van der Waals surface area contributed by atoms with Crippen LogP contribution in [0.1, 0.15) is 19.1 Å². The van der Waals surface area contributed by atoms with Crippen LogP contribution < -0.4 is 0 Å². The van der Waals surface area contributed by atoms with Crippen LogP contribution in [0, 0.1) is 5.92 Å². The molecular formula is C13H16BrNO3. The lowest BCUT2D eigenvalue weighted by molar-refractivity contribution is -0.130. The fourth-order valence-corrected chi connectivity index (χ4v) is 2.24. The van der Waals surface area contributed by atoms with Gasteiger partial charge in [-0.05, 0) is 46.5 Å². The van der Waals surface area contributed by atoms with Gasteiger partial charge in [0.1, 0.15) is 5.76 Å². The molecule has 1 amide bonds. The molecule has 5 heteroatoms. The van der Waals surface area contributed by atoms with E-state index in [2.05, 4.69) is 15.9 Å². The van der Waals surface area contributed by atoms with Crippen molar-refractivity contribution >= 4 is 27.9 Å². The number of carbonyl (C=O) groups excluding carboxylic acids is 1. The Morgan fingerprint density at radius 2 is 2.39 bits per heavy atom. The van der Waals surface area contributed by atoms with Gasteiger partial charge < -0.3 is 14.4 Å². The van der Waals surface area contributed by atoms with Crippen LogP contribution in [0.25, 0.3) is 6.08 Å². The molecule has 0 aliphatic carbocycles. The van der Waals surface area contributed by atoms with Crippen molar-refractivity contribution in [2.24, 2.45) is 5.92 Å². The van der Waals surface area contributed by atoms with Crippen LogP contribution in [0.3, 0.4) is 0 Å². The molecule has 1 aliphatic rings. The van der Waals surface area contributed by atoms with Crippen molar-refractivity contribution in [2.45, 2.75) is 19.4 Å². The average molecular weight is 314 g/mol. The van der Waals surface area contributed by atoms with Gasteiger partial charge in [-0.3, -0.25) is 4.79 Å². The summed E-state index contributed by atoms with van der Waals surface area (Å²) >= 11 is 3.20. The molecule has 0 aromatic carbocycles. The minimum Gasteiger partial charge on any atom is -0.450 e. The zero-order valence-electron chi connectivity index (χ0n) is 10.2. The Balaban J connectivity index is 1.94. The minimum absolute atomic E-state index is 0.0894. The maximum atomic E-state index is 11.9. The Bertz CT molecular complexity index is 455. The number of aliphatic hydroxyl groups excluding tert-OH is 1. The number of aliphatic hydroxyl groups is 1. The van der Waals surface area contributed by atoms with Crippen molar-refractivity contribution in [2.75, 3.05) is 13.1 Å². The molecule has 0 bridgehead atoms. The van der Waals surface area contributed by atoms with Crippen molar-refractivity contribution in [3.8, 4) is 0 Å². The van der Waals surface area contributed by atoms with Gasteiger partial charge in [-0.1, -0.05) is 6.92 Å². The molecule has 1 saturated heterocycles. The first-order chi connectivity index (χ1) is 8.56. The summed E-state index contributed by atoms with van der Waals surface area (Å²) in [4.78, 5) is 13.6. The van der Waals surface area contributed by atoms with E-state index in [4.69, 9.17) is 4.42 Å². The number of piperidine rings is 1. The van der Waals surface area contributed by atoms with Crippen LogP contribution >= 0.6 is 15.9 Å². The normalized spacial score (nSPS) is 24.7. The molecule has 18 heavy (non-hydrogen) atoms. The summed E-state index contributed by atoms with van der Waals surface area (Å²) < 4.78 is 5.91. The predicted octanol–water partition coefficient (Wildman–Crippen LogP) is 2.28. The van der Waals surface area contributed by atoms with Crippen LogP contribution in [0.5, 0.6) is 0 Å². The zero-order chi connectivity index (χ0) is 13.1. The Hall–Kier alpha value is -1.07. The van der Waals surface area contributed by atoms with E-state index in [0.29, 0.717) is 23.5 Å². The third-order valence-electron chi connectivity index (χ3n) is 3.21. The maximum Gasteiger partial charge on any atom is 0.246 e. The third-order valence-corrected chi connectivity index (χ3v) is 3.64. The number of nitrogens with zero attached hydrogens (tertiary/aromatic N) is 1. The van der Waals surface area contributed by atoms with Crippen LogP contribution in [-0.4, -0.2) is 35.1 Å². The highest BCUT2D eigenvalue weighted by molar-refractivity contribution is 9.10. The number of hydrogen-bond acceptors (Lipinski definition) is 3. The average Bonchev–Trinajstić information content (AvgIpc) is 2.75. The number of rotatable bonds is 2. The molecule has 1 aromatic rings. The summed E-state index contributed by atoms with van der Waals surface area (Å²) in [5.41, 5.74) is 0. The SMILES string of the molecule is CC1CCN(C(=O)/C=C/c2ccc(Br)o2)CC1O. The highest BCUT2D eigenvalue weighted by Gasteiger charge is 2.26. The number of likely N-dealkylation sites (tertiary alicyclic amines) is 1. The molecule has 1 aromatic heterocycles. The first kappa shape index (κ1) is 13.4. The van der Waals surface area contributed by atoms with Crippen molar-refractivity contribution in [3.63, 3.8) is 0 Å². The number of furan rings is 1. The van der Waals surface area contributed by atoms with E-state index in [0.717, 1.165) is 6.42 Å². The monoisotopic (exact) mass is 313 g/mol. The predicted molar refractivity (Wildman–Crippen MR) is 71.8 cm³/mol. The van der Waals surface area contributed by atoms with Crippen LogP contribution in [-0.2, 0) is 4.79 Å². The smallest absolute Gasteiger partial charge is 0.246 e. The van der Waals surface area contributed by atoms with Gasteiger partial charge in [0, 0.05) is 19.2 Å². The van der Waals surface area contributed by atoms with Gasteiger partial charge in [-0.2, -0.15) is 0 Å². The molecule has 2 atom stereocenters. The van der Waals surface area contributed by atoms with Gasteiger partial charge in [0.2, 0.25) is 5.91 Å². The van der Waals surface area contributed by atoms with E-state index < -0.39 is 6.10 Å². The summed E-state index contributed by atoms with van der Waals surface area (Å²) in [6.07, 6.45) is 3.53. The lowest BCUT2D eigenvalue weighted by Gasteiger charge is -2.33. The van der Waals surface area contributed by atoms with Crippen LogP contribution in [0.2, 0.25) is 0 Å². The summed E-state index contributed by atoms with van der Waals surface area (Å²) in [5.74, 6) is 0.800. The van der Waals surface area contributed by atoms with Crippen molar-refractivity contribution in [3.05, 3.63) is 28.6 Å². The first-order valence-electron chi connectivity index (χ1n) is 5.96. The van der Waals surface area contributed by atoms with Crippen LogP contribution in [0.15, 0.2) is 27.3 Å². The molecule has 0 radical (unpaired) electrons. The molecule has 1 N–H and O–H groups in total. The standard InChI is InChI=1S/C13H16BrNO3/c1-9-6-7-15(8-11(9)16)13(17)5-3-10-2-4-12(14)18-10/h2-5,9,11,16H,6-8H2,1H3/b5-3+. The maximum absolute atomic E-state index is 11.9. The Kier molecular flexibility index (Phi) is 4.24. The molecule has 2 heterocycles. The molecule has 98 valence electrons. The van der Waals surface area contributed by atoms with Crippen LogP contribution in [0.4, 0.5) is 0 Å². The fourth-order valence-electron chi connectivity index (χ4n) is 1.93. The second-order valence-corrected chi connectivity index (χ2v) is 5.37. The van der Waals surface area contributed by atoms with Gasteiger partial charge in [0.05, 0.1) is 6.10 Å². The quantitative estimate of drug-likeness (QED) is 0.852. The van der Waals surface area contributed by atoms with E-state index in [1.165, 1.54) is 6.08 Å². The number of amides is 1. The summed E-state index contributed by atoms with van der Waals surface area (Å²) in [6.45, 7) is 3.11. The molecule has 0 saturated carbocycles. The van der Waals surface area contributed by atoms with E-state index in [1.807, 2.05) is 6.92 Å². The van der Waals surface area contributed by atoms with Crippen molar-refractivity contribution < 1.29 is 14.3 Å². The Morgan fingerprint density at radius 3 is 3.00 bits per heavy atom. The van der Waals surface area contributed by atoms with Gasteiger partial charge in [0.15, 0.2) is 4.67 Å². The molecule has 2 rings (SSSR count). The highest BCUT2D eigenvalue weighted by Crippen LogP contribution is 2.18. The molecule has 1 fully saturated rings. The third kappa shape index (κ3) is 3.23. The number of β-amino-alcohol motifs (C(OH)–C–C–N with tert-alkyl or cyclic N) is 1. The van der Waals surface area contributed by atoms with Crippen molar-refractivity contribution in [1.29, 1.82) is 0 Å². The van der Waals surface area contributed by atoms with Gasteiger partial charge in [-0.25, -0.2) is 0 Å². The van der Waals surface area contributed by atoms with E-state index in [9.17, 15) is 9.90 Å². The number of hydrogen-bond donors (Lipinski definition) is 1. The molecular weight excluding hydrogens is 298 g/mol. The Morgan fingerprint density at radius 1 is 1.61 bits per heavy atom. The van der Waals surface area contributed by atoms with Gasteiger partial charge in [0.25, 0.3) is 0 Å². The molecule has 2 unspecified atom stereocenters. The summed E-state index contributed by atoms with van der Waals surface area (Å²) in [6, 6.07) is 3.55.